The van der Waals surface area contributed by atoms with E-state index in [1.54, 1.807) is 6.07 Å². The molecule has 7 heteroatoms. The largest absolute Gasteiger partial charge is 0.494 e. The van der Waals surface area contributed by atoms with Crippen LogP contribution in [-0.2, 0) is 16.4 Å². The van der Waals surface area contributed by atoms with Crippen molar-refractivity contribution in [1.82, 2.24) is 0 Å². The van der Waals surface area contributed by atoms with E-state index >= 15 is 0 Å². The van der Waals surface area contributed by atoms with Crippen molar-refractivity contribution in [2.45, 2.75) is 24.3 Å². The minimum Gasteiger partial charge on any atom is -0.494 e. The van der Waals surface area contributed by atoms with Crippen LogP contribution in [-0.4, -0.2) is 21.6 Å². The van der Waals surface area contributed by atoms with Gasteiger partial charge in [-0.25, -0.2) is 8.42 Å². The molecule has 0 unspecified atom stereocenters. The van der Waals surface area contributed by atoms with Crippen LogP contribution in [0.1, 0.15) is 12.5 Å². The molecular weight excluding hydrogens is 357 g/mol. The van der Waals surface area contributed by atoms with Gasteiger partial charge in [-0.1, -0.05) is 41.4 Å². The molecule has 122 valence electrons. The van der Waals surface area contributed by atoms with Crippen LogP contribution in [0, 0.1) is 0 Å². The summed E-state index contributed by atoms with van der Waals surface area (Å²) in [6.45, 7) is 1.88. The third-order valence-corrected chi connectivity index (χ3v) is 6.64. The Balaban J connectivity index is 2.19. The number of halogens is 2. The number of hydrogen-bond acceptors (Lipinski definition) is 3. The summed E-state index contributed by atoms with van der Waals surface area (Å²) in [7, 11) is -2.45. The first-order valence-corrected chi connectivity index (χ1v) is 9.22. The smallest absolute Gasteiger partial charge is 0.268 e. The lowest BCUT2D eigenvalue weighted by Gasteiger charge is -2.25. The summed E-state index contributed by atoms with van der Waals surface area (Å²) in [5.74, 6) is 0.0655. The van der Waals surface area contributed by atoms with E-state index in [1.165, 1.54) is 23.5 Å². The fraction of sp³-hybridized carbons (Fsp3) is 0.250. The molecular formula is C16H15Cl2NO3S. The van der Waals surface area contributed by atoms with E-state index in [1.807, 2.05) is 25.1 Å². The normalized spacial score (nSPS) is 17.2. The molecule has 4 nitrogen and oxygen atoms in total. The number of anilines is 1. The first kappa shape index (κ1) is 16.4. The number of hydrogen-bond donors (Lipinski definition) is 0. The Kier molecular flexibility index (Phi) is 4.21. The summed E-state index contributed by atoms with van der Waals surface area (Å²) in [5, 5.41) is 0.340. The number of benzene rings is 2. The number of sulfonamides is 1. The van der Waals surface area contributed by atoms with Crippen LogP contribution in [0.3, 0.4) is 0 Å². The Labute approximate surface area is 145 Å². The van der Waals surface area contributed by atoms with Crippen molar-refractivity contribution >= 4 is 38.9 Å². The molecule has 1 aliphatic heterocycles. The van der Waals surface area contributed by atoms with Crippen LogP contribution in [0.15, 0.2) is 41.3 Å². The van der Waals surface area contributed by atoms with Gasteiger partial charge in [0.15, 0.2) is 5.75 Å². The first-order chi connectivity index (χ1) is 10.9. The summed E-state index contributed by atoms with van der Waals surface area (Å²) in [4.78, 5) is 0.0120. The van der Waals surface area contributed by atoms with Crippen LogP contribution in [0.4, 0.5) is 5.69 Å². The Morgan fingerprint density at radius 3 is 2.57 bits per heavy atom. The van der Waals surface area contributed by atoms with E-state index in [4.69, 9.17) is 27.9 Å². The molecule has 0 aliphatic carbocycles. The fourth-order valence-electron chi connectivity index (χ4n) is 2.92. The van der Waals surface area contributed by atoms with Gasteiger partial charge >= 0.3 is 0 Å². The zero-order valence-electron chi connectivity index (χ0n) is 12.6. The maximum atomic E-state index is 13.2. The number of methoxy groups -OCH3 is 1. The second-order valence-corrected chi connectivity index (χ2v) is 7.94. The van der Waals surface area contributed by atoms with E-state index in [9.17, 15) is 8.42 Å². The Morgan fingerprint density at radius 1 is 1.17 bits per heavy atom. The summed E-state index contributed by atoms with van der Waals surface area (Å²) in [5.41, 5.74) is 1.69. The molecule has 0 fully saturated rings. The summed E-state index contributed by atoms with van der Waals surface area (Å²) in [6, 6.07) is 10.2. The summed E-state index contributed by atoms with van der Waals surface area (Å²) in [6.07, 6.45) is 0.666. The summed E-state index contributed by atoms with van der Waals surface area (Å²) < 4.78 is 33.0. The van der Waals surface area contributed by atoms with Crippen LogP contribution in [0.25, 0.3) is 0 Å². The highest BCUT2D eigenvalue weighted by Crippen LogP contribution is 2.42. The zero-order valence-corrected chi connectivity index (χ0v) is 14.9. The van der Waals surface area contributed by atoms with E-state index in [0.29, 0.717) is 12.1 Å². The van der Waals surface area contributed by atoms with Crippen molar-refractivity contribution in [3.8, 4) is 5.75 Å². The molecule has 0 saturated heterocycles. The molecule has 0 radical (unpaired) electrons. The molecule has 23 heavy (non-hydrogen) atoms. The number of nitrogens with zero attached hydrogens (tertiary/aromatic N) is 1. The quantitative estimate of drug-likeness (QED) is 0.814. The van der Waals surface area contributed by atoms with Crippen molar-refractivity contribution in [3.05, 3.63) is 52.0 Å². The molecule has 0 aromatic heterocycles. The molecule has 2 aromatic carbocycles. The second kappa shape index (κ2) is 5.89. The predicted molar refractivity (Wildman–Crippen MR) is 92.3 cm³/mol. The van der Waals surface area contributed by atoms with Crippen LogP contribution in [0.2, 0.25) is 10.0 Å². The highest BCUT2D eigenvalue weighted by molar-refractivity contribution is 7.93. The number of ether oxygens (including phenoxy) is 1. The number of rotatable bonds is 3. The third kappa shape index (κ3) is 2.57. The van der Waals surface area contributed by atoms with Gasteiger partial charge in [-0.2, -0.15) is 0 Å². The van der Waals surface area contributed by atoms with Gasteiger partial charge in [0.1, 0.15) is 9.92 Å². The number of para-hydroxylation sites is 1. The van der Waals surface area contributed by atoms with Gasteiger partial charge in [0.05, 0.1) is 17.8 Å². The van der Waals surface area contributed by atoms with Crippen molar-refractivity contribution in [1.29, 1.82) is 0 Å². The topological polar surface area (TPSA) is 46.6 Å². The molecule has 2 aromatic rings. The standard InChI is InChI=1S/C16H15Cl2NO3S/c1-10-9-11-5-3-4-6-13(11)19(10)23(20,21)14-8-7-12(17)15(18)16(14)22-2/h3-8,10H,9H2,1-2H3/t10-/m1/s1. The van der Waals surface area contributed by atoms with Crippen molar-refractivity contribution in [2.75, 3.05) is 11.4 Å². The second-order valence-electron chi connectivity index (χ2n) is 5.38. The van der Waals surface area contributed by atoms with Gasteiger partial charge in [0.25, 0.3) is 10.0 Å². The monoisotopic (exact) mass is 371 g/mol. The van der Waals surface area contributed by atoms with Gasteiger partial charge in [0, 0.05) is 6.04 Å². The SMILES string of the molecule is COc1c(S(=O)(=O)N2c3ccccc3C[C@H]2C)ccc(Cl)c1Cl. The Hall–Kier alpha value is -1.43. The lowest BCUT2D eigenvalue weighted by molar-refractivity contribution is 0.403. The highest BCUT2D eigenvalue weighted by Gasteiger charge is 2.38. The summed E-state index contributed by atoms with van der Waals surface area (Å²) >= 11 is 12.1. The van der Waals surface area contributed by atoms with Crippen LogP contribution in [0.5, 0.6) is 5.75 Å². The molecule has 1 heterocycles. The first-order valence-electron chi connectivity index (χ1n) is 7.02. The lowest BCUT2D eigenvalue weighted by atomic mass is 10.1. The van der Waals surface area contributed by atoms with Crippen molar-refractivity contribution < 1.29 is 13.2 Å². The lowest BCUT2D eigenvalue weighted by Crippen LogP contribution is -2.35. The Bertz CT molecular complexity index is 868. The fourth-order valence-corrected chi connectivity index (χ4v) is 5.22. The van der Waals surface area contributed by atoms with Gasteiger partial charge in [-0.15, -0.1) is 0 Å². The molecule has 1 aliphatic rings. The van der Waals surface area contributed by atoms with E-state index in [2.05, 4.69) is 0 Å². The van der Waals surface area contributed by atoms with Gasteiger partial charge in [0.2, 0.25) is 0 Å². The van der Waals surface area contributed by atoms with Gasteiger partial charge < -0.3 is 4.74 Å². The molecule has 1 atom stereocenters. The van der Waals surface area contributed by atoms with Gasteiger partial charge in [-0.3, -0.25) is 4.31 Å². The molecule has 3 rings (SSSR count). The molecule has 0 bridgehead atoms. The average Bonchev–Trinajstić information content (AvgIpc) is 2.85. The molecule has 0 amide bonds. The number of fused-ring (bicyclic) bond motifs is 1. The zero-order chi connectivity index (χ0) is 16.8. The molecule has 0 spiro atoms. The highest BCUT2D eigenvalue weighted by atomic mass is 35.5. The maximum absolute atomic E-state index is 13.2. The van der Waals surface area contributed by atoms with E-state index in [-0.39, 0.29) is 26.7 Å². The van der Waals surface area contributed by atoms with Crippen LogP contribution < -0.4 is 9.04 Å². The Morgan fingerprint density at radius 2 is 1.87 bits per heavy atom. The minimum atomic E-state index is -3.82. The minimum absolute atomic E-state index is 0.0120. The van der Waals surface area contributed by atoms with Crippen molar-refractivity contribution in [2.24, 2.45) is 0 Å². The third-order valence-electron chi connectivity index (χ3n) is 3.90. The van der Waals surface area contributed by atoms with E-state index in [0.717, 1.165) is 5.56 Å². The predicted octanol–water partition coefficient (Wildman–Crippen LogP) is 4.14. The molecule has 0 N–H and O–H groups in total. The van der Waals surface area contributed by atoms with Crippen molar-refractivity contribution in [3.63, 3.8) is 0 Å². The van der Waals surface area contributed by atoms with E-state index < -0.39 is 10.0 Å². The van der Waals surface area contributed by atoms with Crippen LogP contribution >= 0.6 is 23.2 Å². The average molecular weight is 372 g/mol. The van der Waals surface area contributed by atoms with Gasteiger partial charge in [-0.05, 0) is 37.1 Å². The molecule has 0 saturated carbocycles. The maximum Gasteiger partial charge on any atom is 0.268 e.